The molecule has 114 valence electrons. The van der Waals surface area contributed by atoms with E-state index in [1.807, 2.05) is 14.0 Å². The Labute approximate surface area is 130 Å². The lowest BCUT2D eigenvalue weighted by Gasteiger charge is -2.41. The number of aryl methyl sites for hydroxylation is 1. The number of alkyl halides is 1. The standard InChI is InChI=1S/C13H21ClN2O2S2/c1-9-7-16(8-10(2)15(9)4)20(17,18)13-5-12(6-14)19-11(13)3/h5,9-10H,6-8H2,1-4H3. The van der Waals surface area contributed by atoms with Gasteiger partial charge in [-0.1, -0.05) is 0 Å². The highest BCUT2D eigenvalue weighted by Crippen LogP contribution is 2.30. The lowest BCUT2D eigenvalue weighted by atomic mass is 10.1. The van der Waals surface area contributed by atoms with Crippen LogP contribution in [0.2, 0.25) is 0 Å². The minimum atomic E-state index is -3.41. The second kappa shape index (κ2) is 5.93. The summed E-state index contributed by atoms with van der Waals surface area (Å²) in [6, 6.07) is 2.16. The summed E-state index contributed by atoms with van der Waals surface area (Å²) in [7, 11) is -1.37. The Kier molecular flexibility index (Phi) is 4.81. The van der Waals surface area contributed by atoms with Gasteiger partial charge in [0.05, 0.1) is 10.8 Å². The molecule has 7 heteroatoms. The van der Waals surface area contributed by atoms with E-state index < -0.39 is 10.0 Å². The average Bonchev–Trinajstić information content (AvgIpc) is 2.77. The van der Waals surface area contributed by atoms with Crippen molar-refractivity contribution in [2.75, 3.05) is 20.1 Å². The van der Waals surface area contributed by atoms with Gasteiger partial charge in [-0.05, 0) is 33.9 Å². The first-order valence-corrected chi connectivity index (χ1v) is 9.43. The van der Waals surface area contributed by atoms with Crippen LogP contribution in [0.3, 0.4) is 0 Å². The van der Waals surface area contributed by atoms with Gasteiger partial charge in [-0.3, -0.25) is 4.90 Å². The molecule has 1 aromatic heterocycles. The molecule has 0 N–H and O–H groups in total. The zero-order chi connectivity index (χ0) is 15.1. The summed E-state index contributed by atoms with van der Waals surface area (Å²) in [5.74, 6) is 0.358. The molecule has 0 aromatic carbocycles. The van der Waals surface area contributed by atoms with Gasteiger partial charge < -0.3 is 0 Å². The van der Waals surface area contributed by atoms with E-state index in [-0.39, 0.29) is 12.1 Å². The van der Waals surface area contributed by atoms with Crippen molar-refractivity contribution in [1.29, 1.82) is 0 Å². The number of thiophene rings is 1. The van der Waals surface area contributed by atoms with Gasteiger partial charge in [0.2, 0.25) is 10.0 Å². The van der Waals surface area contributed by atoms with Crippen molar-refractivity contribution in [3.05, 3.63) is 15.8 Å². The van der Waals surface area contributed by atoms with Crippen molar-refractivity contribution in [3.63, 3.8) is 0 Å². The molecule has 0 saturated carbocycles. The predicted octanol–water partition coefficient (Wildman–Crippen LogP) is 2.51. The summed E-state index contributed by atoms with van der Waals surface area (Å²) < 4.78 is 27.2. The third-order valence-electron chi connectivity index (χ3n) is 4.00. The van der Waals surface area contributed by atoms with Crippen molar-refractivity contribution < 1.29 is 8.42 Å². The molecular weight excluding hydrogens is 316 g/mol. The number of sulfonamides is 1. The molecule has 20 heavy (non-hydrogen) atoms. The van der Waals surface area contributed by atoms with E-state index in [9.17, 15) is 8.42 Å². The second-order valence-corrected chi connectivity index (χ2v) is 8.97. The highest BCUT2D eigenvalue weighted by atomic mass is 35.5. The largest absolute Gasteiger partial charge is 0.298 e. The van der Waals surface area contributed by atoms with Gasteiger partial charge >= 0.3 is 0 Å². The summed E-state index contributed by atoms with van der Waals surface area (Å²) in [5.41, 5.74) is 0. The van der Waals surface area contributed by atoms with Crippen LogP contribution in [0.5, 0.6) is 0 Å². The summed E-state index contributed by atoms with van der Waals surface area (Å²) >= 11 is 7.27. The number of likely N-dealkylation sites (N-methyl/N-ethyl adjacent to an activating group) is 1. The quantitative estimate of drug-likeness (QED) is 0.796. The lowest BCUT2D eigenvalue weighted by molar-refractivity contribution is 0.105. The van der Waals surface area contributed by atoms with Crippen LogP contribution < -0.4 is 0 Å². The fourth-order valence-electron chi connectivity index (χ4n) is 2.54. The van der Waals surface area contributed by atoms with E-state index in [2.05, 4.69) is 18.7 Å². The van der Waals surface area contributed by atoms with E-state index in [0.717, 1.165) is 9.75 Å². The van der Waals surface area contributed by atoms with Gasteiger partial charge in [0.15, 0.2) is 0 Å². The Bertz CT molecular complexity index is 573. The summed E-state index contributed by atoms with van der Waals surface area (Å²) in [5, 5.41) is 0. The van der Waals surface area contributed by atoms with Crippen LogP contribution in [0.4, 0.5) is 0 Å². The van der Waals surface area contributed by atoms with Crippen LogP contribution in [0, 0.1) is 6.92 Å². The summed E-state index contributed by atoms with van der Waals surface area (Å²) in [4.78, 5) is 4.36. The van der Waals surface area contributed by atoms with Crippen LogP contribution in [0.1, 0.15) is 23.6 Å². The number of halogens is 1. The fraction of sp³-hybridized carbons (Fsp3) is 0.692. The molecule has 2 rings (SSSR count). The average molecular weight is 337 g/mol. The van der Waals surface area contributed by atoms with Crippen LogP contribution in [0.15, 0.2) is 11.0 Å². The van der Waals surface area contributed by atoms with Crippen LogP contribution in [0.25, 0.3) is 0 Å². The van der Waals surface area contributed by atoms with E-state index in [1.165, 1.54) is 11.3 Å². The van der Waals surface area contributed by atoms with Gasteiger partial charge in [-0.2, -0.15) is 4.31 Å². The van der Waals surface area contributed by atoms with E-state index in [1.54, 1.807) is 10.4 Å². The topological polar surface area (TPSA) is 40.6 Å². The molecule has 1 aromatic rings. The molecule has 1 aliphatic rings. The van der Waals surface area contributed by atoms with Crippen molar-refractivity contribution in [1.82, 2.24) is 9.21 Å². The zero-order valence-corrected chi connectivity index (χ0v) is 14.6. The van der Waals surface area contributed by atoms with E-state index in [0.29, 0.717) is 23.9 Å². The van der Waals surface area contributed by atoms with Crippen molar-refractivity contribution in [2.24, 2.45) is 0 Å². The molecule has 4 nitrogen and oxygen atoms in total. The normalized spacial score (nSPS) is 26.1. The molecular formula is C13H21ClN2O2S2. The van der Waals surface area contributed by atoms with Crippen molar-refractivity contribution in [2.45, 2.75) is 43.6 Å². The third kappa shape index (κ3) is 2.90. The first-order valence-electron chi connectivity index (χ1n) is 6.64. The SMILES string of the molecule is Cc1sc(CCl)cc1S(=O)(=O)N1CC(C)N(C)C(C)C1. The maximum atomic E-state index is 12.8. The molecule has 2 atom stereocenters. The zero-order valence-electron chi connectivity index (χ0n) is 12.3. The maximum absolute atomic E-state index is 12.8. The highest BCUT2D eigenvalue weighted by molar-refractivity contribution is 7.89. The minimum Gasteiger partial charge on any atom is -0.298 e. The molecule has 1 fully saturated rings. The Hall–Kier alpha value is -0.140. The number of piperazine rings is 1. The van der Waals surface area contributed by atoms with E-state index in [4.69, 9.17) is 11.6 Å². The predicted molar refractivity (Wildman–Crippen MR) is 84.1 cm³/mol. The molecule has 0 spiro atoms. The Morgan fingerprint density at radius 3 is 2.35 bits per heavy atom. The fourth-order valence-corrected chi connectivity index (χ4v) is 5.83. The van der Waals surface area contributed by atoms with Gasteiger partial charge in [0.25, 0.3) is 0 Å². The van der Waals surface area contributed by atoms with Crippen LogP contribution >= 0.6 is 22.9 Å². The molecule has 2 heterocycles. The number of hydrogen-bond acceptors (Lipinski definition) is 4. The van der Waals surface area contributed by atoms with Crippen LogP contribution in [-0.4, -0.2) is 49.8 Å². The molecule has 0 radical (unpaired) electrons. The van der Waals surface area contributed by atoms with Crippen LogP contribution in [-0.2, 0) is 15.9 Å². The Morgan fingerprint density at radius 2 is 1.90 bits per heavy atom. The van der Waals surface area contributed by atoms with Gasteiger partial charge in [-0.15, -0.1) is 22.9 Å². The summed E-state index contributed by atoms with van der Waals surface area (Å²) in [6.07, 6.45) is 0. The maximum Gasteiger partial charge on any atom is 0.244 e. The number of hydrogen-bond donors (Lipinski definition) is 0. The summed E-state index contributed by atoms with van der Waals surface area (Å²) in [6.45, 7) is 7.03. The van der Waals surface area contributed by atoms with Gasteiger partial charge in [0.1, 0.15) is 0 Å². The number of rotatable bonds is 3. The van der Waals surface area contributed by atoms with E-state index >= 15 is 0 Å². The van der Waals surface area contributed by atoms with Crippen molar-refractivity contribution >= 4 is 33.0 Å². The molecule has 1 aliphatic heterocycles. The smallest absolute Gasteiger partial charge is 0.244 e. The van der Waals surface area contributed by atoms with Crippen molar-refractivity contribution in [3.8, 4) is 0 Å². The highest BCUT2D eigenvalue weighted by Gasteiger charge is 2.35. The monoisotopic (exact) mass is 336 g/mol. The second-order valence-electron chi connectivity index (χ2n) is 5.45. The molecule has 2 unspecified atom stereocenters. The third-order valence-corrected chi connectivity index (χ3v) is 7.58. The Balaban J connectivity index is 2.33. The molecule has 0 amide bonds. The number of nitrogens with zero attached hydrogens (tertiary/aromatic N) is 2. The molecule has 0 bridgehead atoms. The molecule has 1 saturated heterocycles. The minimum absolute atomic E-state index is 0.222. The first kappa shape index (κ1) is 16.2. The van der Waals surface area contributed by atoms with Gasteiger partial charge in [0, 0.05) is 34.9 Å². The Morgan fingerprint density at radius 1 is 1.35 bits per heavy atom. The van der Waals surface area contributed by atoms with Gasteiger partial charge in [-0.25, -0.2) is 8.42 Å². The lowest BCUT2D eigenvalue weighted by Crippen LogP contribution is -2.56. The molecule has 0 aliphatic carbocycles. The first-order chi connectivity index (χ1) is 9.27.